The van der Waals surface area contributed by atoms with Gasteiger partial charge in [-0.25, -0.2) is 9.78 Å². The standard InChI is InChI=1S/C41H45N5O5/c1-9-23-25-17-30-41(6,7)20-28(43-30)36(50-8)35-32(39(49)51-11-3)24(10-2)26(45-35)18-29-40(4,5)19-27(42-29)33-34(44-25)31(23)37(47)46(38(33)48)21-22-15-13-12-14-16-22/h12-18,43-44H,9-11,19-21H2,1-8H3. The van der Waals surface area contributed by atoms with Crippen molar-refractivity contribution in [2.24, 2.45) is 0 Å². The highest BCUT2D eigenvalue weighted by atomic mass is 16.5. The van der Waals surface area contributed by atoms with Crippen LogP contribution in [0, 0.1) is 0 Å². The topological polar surface area (TPSA) is 130 Å². The number of carbonyl (C=O) groups is 3. The first-order valence-corrected chi connectivity index (χ1v) is 17.8. The van der Waals surface area contributed by atoms with E-state index in [9.17, 15) is 14.4 Å². The maximum absolute atomic E-state index is 14.6. The number of aryl methyl sites for hydroxylation is 1. The molecule has 7 rings (SSSR count). The lowest BCUT2D eigenvalue weighted by Gasteiger charge is -2.26. The van der Waals surface area contributed by atoms with Gasteiger partial charge in [0.15, 0.2) is 5.75 Å². The van der Waals surface area contributed by atoms with Crippen molar-refractivity contribution in [2.75, 3.05) is 13.7 Å². The van der Waals surface area contributed by atoms with Gasteiger partial charge in [-0.1, -0.05) is 71.9 Å². The van der Waals surface area contributed by atoms with E-state index in [1.165, 1.54) is 4.90 Å². The van der Waals surface area contributed by atoms with Crippen LogP contribution in [0.25, 0.3) is 22.2 Å². The molecule has 6 heterocycles. The number of esters is 1. The average Bonchev–Trinajstić information content (AvgIpc) is 3.80. The van der Waals surface area contributed by atoms with Crippen LogP contribution in [0.1, 0.15) is 121 Å². The van der Waals surface area contributed by atoms with E-state index in [0.29, 0.717) is 70.7 Å². The monoisotopic (exact) mass is 687 g/mol. The summed E-state index contributed by atoms with van der Waals surface area (Å²) in [5.41, 5.74) is 8.19. The fourth-order valence-electron chi connectivity index (χ4n) is 7.83. The molecule has 3 aromatic rings. The number of aromatic amines is 2. The lowest BCUT2D eigenvalue weighted by molar-refractivity contribution is -0.136. The molecule has 4 aliphatic rings. The van der Waals surface area contributed by atoms with Gasteiger partial charge in [0.1, 0.15) is 5.69 Å². The van der Waals surface area contributed by atoms with Crippen LogP contribution in [0.4, 0.5) is 0 Å². The third-order valence-electron chi connectivity index (χ3n) is 10.5. The number of hydrogen-bond acceptors (Lipinski definition) is 7. The summed E-state index contributed by atoms with van der Waals surface area (Å²) in [6, 6.07) is 13.5. The predicted molar refractivity (Wildman–Crippen MR) is 196 cm³/mol. The Morgan fingerprint density at radius 1 is 0.902 bits per heavy atom. The number of allylic oxidation sites excluding steroid dienone is 1. The molecule has 0 saturated carbocycles. The molecular weight excluding hydrogens is 642 g/mol. The first-order valence-electron chi connectivity index (χ1n) is 17.8. The molecule has 1 aromatic carbocycles. The molecule has 0 fully saturated rings. The molecule has 10 nitrogen and oxygen atoms in total. The molecule has 10 heteroatoms. The second-order valence-corrected chi connectivity index (χ2v) is 14.9. The van der Waals surface area contributed by atoms with Crippen LogP contribution in [0.15, 0.2) is 42.5 Å². The quantitative estimate of drug-likeness (QED) is 0.197. The molecule has 0 spiro atoms. The zero-order valence-corrected chi connectivity index (χ0v) is 30.7. The Hall–Kier alpha value is -5.25. The molecule has 2 amide bonds. The minimum Gasteiger partial charge on any atom is -0.493 e. The average molecular weight is 688 g/mol. The lowest BCUT2D eigenvalue weighted by atomic mass is 9.85. The molecule has 2 N–H and O–H groups in total. The van der Waals surface area contributed by atoms with Gasteiger partial charge < -0.3 is 19.4 Å². The van der Waals surface area contributed by atoms with Crippen LogP contribution in [0.2, 0.25) is 0 Å². The van der Waals surface area contributed by atoms with Crippen molar-refractivity contribution in [3.05, 3.63) is 98.9 Å². The smallest absolute Gasteiger partial charge is 0.340 e. The highest BCUT2D eigenvalue weighted by Gasteiger charge is 2.41. The van der Waals surface area contributed by atoms with E-state index in [0.717, 1.165) is 39.3 Å². The molecule has 2 aromatic heterocycles. The third kappa shape index (κ3) is 5.52. The molecular formula is C41H45N5O5. The Kier molecular flexibility index (Phi) is 8.39. The number of methoxy groups -OCH3 is 1. The number of fused-ring (bicyclic) bond motifs is 8. The Bertz CT molecular complexity index is 2220. The van der Waals surface area contributed by atoms with Gasteiger partial charge in [-0.2, -0.15) is 0 Å². The normalized spacial score (nSPS) is 16.7. The number of nitrogens with one attached hydrogen (secondary N) is 2. The van der Waals surface area contributed by atoms with Gasteiger partial charge in [0.2, 0.25) is 0 Å². The van der Waals surface area contributed by atoms with Gasteiger partial charge in [0, 0.05) is 40.6 Å². The number of hydrogen-bond donors (Lipinski definition) is 2. The van der Waals surface area contributed by atoms with Crippen molar-refractivity contribution >= 4 is 40.0 Å². The van der Waals surface area contributed by atoms with Crippen molar-refractivity contribution < 1.29 is 23.9 Å². The van der Waals surface area contributed by atoms with Crippen LogP contribution in [-0.4, -0.2) is 56.3 Å². The number of nitrogens with zero attached hydrogens (tertiary/aromatic N) is 3. The first-order chi connectivity index (χ1) is 24.3. The highest BCUT2D eigenvalue weighted by Crippen LogP contribution is 2.44. The molecule has 0 radical (unpaired) electrons. The first kappa shape index (κ1) is 34.2. The maximum atomic E-state index is 14.6. The molecule has 0 aliphatic carbocycles. The van der Waals surface area contributed by atoms with Gasteiger partial charge in [0.25, 0.3) is 11.8 Å². The molecule has 4 aliphatic heterocycles. The van der Waals surface area contributed by atoms with E-state index in [-0.39, 0.29) is 30.4 Å². The van der Waals surface area contributed by atoms with E-state index < -0.39 is 11.4 Å². The fourth-order valence-corrected chi connectivity index (χ4v) is 7.83. The minimum atomic E-state index is -0.491. The number of H-pyrrole nitrogens is 2. The number of imide groups is 1. The summed E-state index contributed by atoms with van der Waals surface area (Å²) in [6.45, 7) is 14.6. The zero-order chi connectivity index (χ0) is 36.4. The van der Waals surface area contributed by atoms with E-state index >= 15 is 0 Å². The zero-order valence-electron chi connectivity index (χ0n) is 30.7. The summed E-state index contributed by atoms with van der Waals surface area (Å²) < 4.78 is 11.7. The number of aromatic nitrogens is 4. The number of carbonyl (C=O) groups excluding carboxylic acids is 3. The Balaban J connectivity index is 1.64. The second kappa shape index (κ2) is 12.5. The van der Waals surface area contributed by atoms with Gasteiger partial charge >= 0.3 is 5.97 Å². The summed E-state index contributed by atoms with van der Waals surface area (Å²) in [5.74, 6) is -0.675. The summed E-state index contributed by atoms with van der Waals surface area (Å²) in [7, 11) is 1.59. The van der Waals surface area contributed by atoms with E-state index in [2.05, 4.69) is 37.7 Å². The summed E-state index contributed by atoms with van der Waals surface area (Å²) in [4.78, 5) is 61.4. The Labute approximate surface area is 298 Å². The van der Waals surface area contributed by atoms with Gasteiger partial charge in [-0.05, 0) is 48.6 Å². The molecule has 8 bridgehead atoms. The van der Waals surface area contributed by atoms with Crippen molar-refractivity contribution in [3.63, 3.8) is 0 Å². The van der Waals surface area contributed by atoms with Crippen molar-refractivity contribution in [2.45, 2.75) is 91.5 Å². The van der Waals surface area contributed by atoms with Crippen molar-refractivity contribution in [1.82, 2.24) is 24.8 Å². The Morgan fingerprint density at radius 2 is 1.63 bits per heavy atom. The second-order valence-electron chi connectivity index (χ2n) is 14.9. The van der Waals surface area contributed by atoms with Gasteiger partial charge in [0.05, 0.1) is 59.6 Å². The minimum absolute atomic E-state index is 0.144. The predicted octanol–water partition coefficient (Wildman–Crippen LogP) is 7.33. The van der Waals surface area contributed by atoms with Gasteiger partial charge in [-0.3, -0.25) is 19.5 Å². The van der Waals surface area contributed by atoms with Crippen LogP contribution < -0.4 is 4.74 Å². The van der Waals surface area contributed by atoms with Crippen LogP contribution in [-0.2, 0) is 46.2 Å². The molecule has 0 saturated heterocycles. The molecule has 0 atom stereocenters. The number of amides is 2. The summed E-state index contributed by atoms with van der Waals surface area (Å²) >= 11 is 0. The van der Waals surface area contributed by atoms with E-state index in [1.807, 2.05) is 56.3 Å². The highest BCUT2D eigenvalue weighted by molar-refractivity contribution is 6.26. The Morgan fingerprint density at radius 3 is 2.29 bits per heavy atom. The maximum Gasteiger partial charge on any atom is 0.340 e. The van der Waals surface area contributed by atoms with Crippen LogP contribution >= 0.6 is 0 Å². The summed E-state index contributed by atoms with van der Waals surface area (Å²) in [5, 5.41) is 0. The van der Waals surface area contributed by atoms with Crippen molar-refractivity contribution in [3.8, 4) is 5.75 Å². The number of benzene rings is 1. The van der Waals surface area contributed by atoms with Crippen molar-refractivity contribution in [1.29, 1.82) is 0 Å². The fraction of sp³-hybridized carbons (Fsp3) is 0.390. The SMILES string of the molecule is CCOC(=O)C1=C(CC)c2cc3nc(c4c5[nH]c(cc6[nH]c(c(OC)c1n2)CC6(C)C)c(CC)c5C(=O)N(Cc1ccccc1)C4=O)CC3(C)C. The van der Waals surface area contributed by atoms with Crippen LogP contribution in [0.3, 0.4) is 0 Å². The number of ether oxygens (including phenoxy) is 2. The third-order valence-corrected chi connectivity index (χ3v) is 10.5. The number of rotatable bonds is 7. The molecule has 51 heavy (non-hydrogen) atoms. The largest absolute Gasteiger partial charge is 0.493 e. The summed E-state index contributed by atoms with van der Waals surface area (Å²) in [6.07, 6.45) is 2.13. The lowest BCUT2D eigenvalue weighted by Crippen LogP contribution is -2.40. The van der Waals surface area contributed by atoms with Gasteiger partial charge in [-0.15, -0.1) is 0 Å². The molecule has 264 valence electrons. The van der Waals surface area contributed by atoms with Crippen LogP contribution in [0.5, 0.6) is 5.75 Å². The van der Waals surface area contributed by atoms with E-state index in [1.54, 1.807) is 14.0 Å². The molecule has 0 unspecified atom stereocenters. The van der Waals surface area contributed by atoms with E-state index in [4.69, 9.17) is 19.4 Å².